The molecular formula is C16H14N2O2S. The fourth-order valence-electron chi connectivity index (χ4n) is 2.14. The molecule has 2 N–H and O–H groups in total. The maximum atomic E-state index is 11.9. The number of carbonyl (C=O) groups is 2. The monoisotopic (exact) mass is 298 g/mol. The molecule has 106 valence electrons. The molecule has 3 aromatic rings. The van der Waals surface area contributed by atoms with Gasteiger partial charge in [0.1, 0.15) is 0 Å². The molecule has 0 aliphatic carbocycles. The van der Waals surface area contributed by atoms with Gasteiger partial charge >= 0.3 is 0 Å². The number of aromatic amines is 1. The SMILES string of the molecule is O=C(CCC(=O)c1cccs1)Nc1ccc2[nH]ccc2c1. The quantitative estimate of drug-likeness (QED) is 0.703. The van der Waals surface area contributed by atoms with Gasteiger partial charge in [-0.2, -0.15) is 0 Å². The van der Waals surface area contributed by atoms with Crippen LogP contribution >= 0.6 is 11.3 Å². The zero-order valence-corrected chi connectivity index (χ0v) is 12.1. The number of H-pyrrole nitrogens is 1. The van der Waals surface area contributed by atoms with Crippen molar-refractivity contribution in [1.29, 1.82) is 0 Å². The topological polar surface area (TPSA) is 62.0 Å². The molecular weight excluding hydrogens is 284 g/mol. The Morgan fingerprint density at radius 3 is 2.86 bits per heavy atom. The highest BCUT2D eigenvalue weighted by Crippen LogP contribution is 2.18. The summed E-state index contributed by atoms with van der Waals surface area (Å²) in [7, 11) is 0. The van der Waals surface area contributed by atoms with E-state index in [-0.39, 0.29) is 24.5 Å². The summed E-state index contributed by atoms with van der Waals surface area (Å²) >= 11 is 1.40. The van der Waals surface area contributed by atoms with Crippen LogP contribution in [0.15, 0.2) is 48.0 Å². The number of amides is 1. The number of carbonyl (C=O) groups excluding carboxylic acids is 2. The van der Waals surface area contributed by atoms with Gasteiger partial charge in [0, 0.05) is 35.6 Å². The maximum Gasteiger partial charge on any atom is 0.224 e. The molecule has 5 heteroatoms. The Bertz CT molecular complexity index is 775. The first-order valence-corrected chi connectivity index (χ1v) is 7.54. The minimum absolute atomic E-state index is 0.0150. The Morgan fingerprint density at radius 2 is 2.05 bits per heavy atom. The summed E-state index contributed by atoms with van der Waals surface area (Å²) in [6, 6.07) is 11.2. The van der Waals surface area contributed by atoms with Gasteiger partial charge in [-0.25, -0.2) is 0 Å². The molecule has 0 saturated heterocycles. The normalized spacial score (nSPS) is 10.7. The van der Waals surface area contributed by atoms with Crippen LogP contribution in [0.3, 0.4) is 0 Å². The zero-order valence-electron chi connectivity index (χ0n) is 11.3. The van der Waals surface area contributed by atoms with E-state index in [9.17, 15) is 9.59 Å². The van der Waals surface area contributed by atoms with Crippen LogP contribution in [-0.2, 0) is 4.79 Å². The Kier molecular flexibility index (Phi) is 3.83. The zero-order chi connectivity index (χ0) is 14.7. The van der Waals surface area contributed by atoms with Crippen LogP contribution in [0.4, 0.5) is 5.69 Å². The molecule has 0 aliphatic heterocycles. The summed E-state index contributed by atoms with van der Waals surface area (Å²) in [6.07, 6.45) is 2.29. The average molecular weight is 298 g/mol. The Balaban J connectivity index is 1.57. The summed E-state index contributed by atoms with van der Waals surface area (Å²) in [6.45, 7) is 0. The van der Waals surface area contributed by atoms with Gasteiger partial charge in [0.25, 0.3) is 0 Å². The Hall–Kier alpha value is -2.40. The summed E-state index contributed by atoms with van der Waals surface area (Å²) in [4.78, 5) is 27.5. The number of ketones is 1. The largest absolute Gasteiger partial charge is 0.361 e. The molecule has 2 aromatic heterocycles. The van der Waals surface area contributed by atoms with E-state index in [1.165, 1.54) is 11.3 Å². The summed E-state index contributed by atoms with van der Waals surface area (Å²) < 4.78 is 0. The number of aromatic nitrogens is 1. The summed E-state index contributed by atoms with van der Waals surface area (Å²) in [5, 5.41) is 5.73. The van der Waals surface area contributed by atoms with E-state index in [1.54, 1.807) is 6.07 Å². The number of nitrogens with one attached hydrogen (secondary N) is 2. The first-order valence-electron chi connectivity index (χ1n) is 6.66. The third-order valence-corrected chi connectivity index (χ3v) is 4.12. The second-order valence-electron chi connectivity index (χ2n) is 4.73. The Labute approximate surface area is 125 Å². The van der Waals surface area contributed by atoms with Gasteiger partial charge in [-0.05, 0) is 35.7 Å². The second-order valence-corrected chi connectivity index (χ2v) is 5.68. The Morgan fingerprint density at radius 1 is 1.14 bits per heavy atom. The number of hydrogen-bond donors (Lipinski definition) is 2. The van der Waals surface area contributed by atoms with E-state index in [2.05, 4.69) is 10.3 Å². The average Bonchev–Trinajstić information content (AvgIpc) is 3.15. The first-order chi connectivity index (χ1) is 10.2. The molecule has 0 unspecified atom stereocenters. The van der Waals surface area contributed by atoms with Crippen LogP contribution in [0.5, 0.6) is 0 Å². The number of rotatable bonds is 5. The van der Waals surface area contributed by atoms with Crippen molar-refractivity contribution in [3.05, 3.63) is 52.9 Å². The van der Waals surface area contributed by atoms with Gasteiger partial charge in [-0.3, -0.25) is 9.59 Å². The number of benzene rings is 1. The molecule has 0 aliphatic rings. The molecule has 2 heterocycles. The van der Waals surface area contributed by atoms with Crippen LogP contribution in [0.25, 0.3) is 10.9 Å². The highest BCUT2D eigenvalue weighted by Gasteiger charge is 2.10. The minimum Gasteiger partial charge on any atom is -0.361 e. The smallest absolute Gasteiger partial charge is 0.224 e. The minimum atomic E-state index is -0.144. The van der Waals surface area contributed by atoms with Crippen molar-refractivity contribution >= 4 is 39.6 Å². The highest BCUT2D eigenvalue weighted by molar-refractivity contribution is 7.12. The highest BCUT2D eigenvalue weighted by atomic mass is 32.1. The number of anilines is 1. The predicted molar refractivity (Wildman–Crippen MR) is 84.8 cm³/mol. The van der Waals surface area contributed by atoms with E-state index in [0.29, 0.717) is 4.88 Å². The van der Waals surface area contributed by atoms with Crippen LogP contribution in [0, 0.1) is 0 Å². The first kappa shape index (κ1) is 13.6. The second kappa shape index (κ2) is 5.93. The van der Waals surface area contributed by atoms with Gasteiger partial charge in [-0.15, -0.1) is 11.3 Å². The molecule has 0 atom stereocenters. The third-order valence-electron chi connectivity index (χ3n) is 3.21. The number of Topliss-reactive ketones (excluding diaryl/α,β-unsaturated/α-hetero) is 1. The van der Waals surface area contributed by atoms with E-state index >= 15 is 0 Å². The van der Waals surface area contributed by atoms with Gasteiger partial charge in [0.15, 0.2) is 5.78 Å². The molecule has 1 amide bonds. The van der Waals surface area contributed by atoms with Crippen molar-refractivity contribution in [2.75, 3.05) is 5.32 Å². The van der Waals surface area contributed by atoms with Crippen molar-refractivity contribution in [2.45, 2.75) is 12.8 Å². The molecule has 0 radical (unpaired) electrons. The van der Waals surface area contributed by atoms with E-state index in [0.717, 1.165) is 16.6 Å². The van der Waals surface area contributed by atoms with Gasteiger partial charge < -0.3 is 10.3 Å². The number of fused-ring (bicyclic) bond motifs is 1. The van der Waals surface area contributed by atoms with Crippen molar-refractivity contribution in [3.63, 3.8) is 0 Å². The van der Waals surface area contributed by atoms with E-state index in [4.69, 9.17) is 0 Å². The predicted octanol–water partition coefficient (Wildman–Crippen LogP) is 3.83. The lowest BCUT2D eigenvalue weighted by Crippen LogP contribution is -2.13. The fraction of sp³-hybridized carbons (Fsp3) is 0.125. The lowest BCUT2D eigenvalue weighted by atomic mass is 10.2. The van der Waals surface area contributed by atoms with Gasteiger partial charge in [-0.1, -0.05) is 6.07 Å². The lowest BCUT2D eigenvalue weighted by molar-refractivity contribution is -0.116. The van der Waals surface area contributed by atoms with E-state index in [1.807, 2.05) is 41.9 Å². The van der Waals surface area contributed by atoms with E-state index < -0.39 is 0 Å². The van der Waals surface area contributed by atoms with Crippen molar-refractivity contribution < 1.29 is 9.59 Å². The summed E-state index contributed by atoms with van der Waals surface area (Å²) in [5.41, 5.74) is 1.77. The lowest BCUT2D eigenvalue weighted by Gasteiger charge is -2.05. The number of thiophene rings is 1. The van der Waals surface area contributed by atoms with Gasteiger partial charge in [0.05, 0.1) is 4.88 Å². The molecule has 0 saturated carbocycles. The third kappa shape index (κ3) is 3.20. The molecule has 4 nitrogen and oxygen atoms in total. The summed E-state index contributed by atoms with van der Waals surface area (Å²) in [5.74, 6) is -0.129. The van der Waals surface area contributed by atoms with Crippen LogP contribution < -0.4 is 5.32 Å². The molecule has 0 bridgehead atoms. The maximum absolute atomic E-state index is 11.9. The van der Waals surface area contributed by atoms with Crippen molar-refractivity contribution in [1.82, 2.24) is 4.98 Å². The van der Waals surface area contributed by atoms with Crippen molar-refractivity contribution in [2.24, 2.45) is 0 Å². The van der Waals surface area contributed by atoms with Gasteiger partial charge in [0.2, 0.25) is 5.91 Å². The molecule has 3 rings (SSSR count). The standard InChI is InChI=1S/C16H14N2O2S/c19-14(15-2-1-9-21-15)5-6-16(20)18-12-3-4-13-11(10-12)7-8-17-13/h1-4,7-10,17H,5-6H2,(H,18,20). The van der Waals surface area contributed by atoms with Crippen LogP contribution in [-0.4, -0.2) is 16.7 Å². The molecule has 0 fully saturated rings. The van der Waals surface area contributed by atoms with Crippen LogP contribution in [0.2, 0.25) is 0 Å². The van der Waals surface area contributed by atoms with Crippen LogP contribution in [0.1, 0.15) is 22.5 Å². The molecule has 1 aromatic carbocycles. The number of hydrogen-bond acceptors (Lipinski definition) is 3. The molecule has 21 heavy (non-hydrogen) atoms. The molecule has 0 spiro atoms. The fourth-order valence-corrected chi connectivity index (χ4v) is 2.84. The van der Waals surface area contributed by atoms with Crippen molar-refractivity contribution in [3.8, 4) is 0 Å².